The summed E-state index contributed by atoms with van der Waals surface area (Å²) in [5.41, 5.74) is 0. The third kappa shape index (κ3) is 3.26. The standard InChI is InChI=1S/C12H15N2O2S2/c1-2-10(15)12(9-13-7-8-16-12)18-17-11-5-3-4-6-14-11/h3-6H,2,7-9H2,1H3. The molecule has 0 aliphatic carbocycles. The van der Waals surface area contributed by atoms with Gasteiger partial charge in [0.25, 0.3) is 0 Å². The Hall–Kier alpha value is -0.560. The number of morpholine rings is 1. The third-order valence-electron chi connectivity index (χ3n) is 2.55. The Balaban J connectivity index is 2.04. The highest BCUT2D eigenvalue weighted by Crippen LogP contribution is 2.42. The molecule has 1 fully saturated rings. The summed E-state index contributed by atoms with van der Waals surface area (Å²) in [6, 6.07) is 5.71. The number of hydrogen-bond acceptors (Lipinski definition) is 5. The summed E-state index contributed by atoms with van der Waals surface area (Å²) in [5, 5.41) is 5.19. The molecule has 0 bridgehead atoms. The molecule has 2 heterocycles. The first-order valence-electron chi connectivity index (χ1n) is 5.84. The third-order valence-corrected chi connectivity index (χ3v) is 5.36. The van der Waals surface area contributed by atoms with E-state index >= 15 is 0 Å². The predicted molar refractivity (Wildman–Crippen MR) is 73.5 cm³/mol. The van der Waals surface area contributed by atoms with Crippen LogP contribution in [0.1, 0.15) is 13.3 Å². The van der Waals surface area contributed by atoms with Gasteiger partial charge >= 0.3 is 0 Å². The fourth-order valence-electron chi connectivity index (χ4n) is 1.59. The number of ether oxygens (including phenoxy) is 1. The van der Waals surface area contributed by atoms with E-state index in [1.807, 2.05) is 25.1 Å². The van der Waals surface area contributed by atoms with Crippen molar-refractivity contribution in [2.45, 2.75) is 23.3 Å². The van der Waals surface area contributed by atoms with Crippen molar-refractivity contribution in [1.29, 1.82) is 0 Å². The highest BCUT2D eigenvalue weighted by molar-refractivity contribution is 8.77. The van der Waals surface area contributed by atoms with Crippen LogP contribution in [0, 0.1) is 0 Å². The number of rotatable bonds is 5. The van der Waals surface area contributed by atoms with Crippen LogP contribution in [0.25, 0.3) is 0 Å². The largest absolute Gasteiger partial charge is 0.353 e. The van der Waals surface area contributed by atoms with Crippen LogP contribution in [-0.4, -0.2) is 35.4 Å². The van der Waals surface area contributed by atoms with Crippen molar-refractivity contribution in [2.75, 3.05) is 19.7 Å². The Morgan fingerprint density at radius 3 is 3.06 bits per heavy atom. The van der Waals surface area contributed by atoms with Gasteiger partial charge in [0.1, 0.15) is 5.03 Å². The maximum absolute atomic E-state index is 12.1. The average molecular weight is 283 g/mol. The molecule has 97 valence electrons. The van der Waals surface area contributed by atoms with Gasteiger partial charge in [0.15, 0.2) is 10.7 Å². The molecule has 1 unspecified atom stereocenters. The molecule has 1 aliphatic heterocycles. The monoisotopic (exact) mass is 283 g/mol. The predicted octanol–water partition coefficient (Wildman–Crippen LogP) is 2.13. The van der Waals surface area contributed by atoms with E-state index in [9.17, 15) is 4.79 Å². The summed E-state index contributed by atoms with van der Waals surface area (Å²) in [7, 11) is 2.89. The van der Waals surface area contributed by atoms with Gasteiger partial charge in [0.2, 0.25) is 0 Å². The quantitative estimate of drug-likeness (QED) is 0.775. The number of hydrogen-bond donors (Lipinski definition) is 0. The zero-order valence-corrected chi connectivity index (χ0v) is 11.8. The maximum Gasteiger partial charge on any atom is 0.196 e. The van der Waals surface area contributed by atoms with Crippen LogP contribution in [0.2, 0.25) is 0 Å². The lowest BCUT2D eigenvalue weighted by molar-refractivity contribution is -0.135. The molecule has 0 spiro atoms. The molecule has 0 aromatic carbocycles. The topological polar surface area (TPSA) is 53.3 Å². The molecule has 1 aromatic rings. The first-order valence-corrected chi connectivity index (χ1v) is 7.99. The fraction of sp³-hybridized carbons (Fsp3) is 0.500. The van der Waals surface area contributed by atoms with Gasteiger partial charge in [0, 0.05) is 19.2 Å². The molecule has 0 amide bonds. The van der Waals surface area contributed by atoms with E-state index in [-0.39, 0.29) is 5.78 Å². The molecule has 2 rings (SSSR count). The maximum atomic E-state index is 12.1. The van der Waals surface area contributed by atoms with Crippen LogP contribution in [0.4, 0.5) is 0 Å². The van der Waals surface area contributed by atoms with Crippen molar-refractivity contribution >= 4 is 27.4 Å². The number of pyridine rings is 1. The van der Waals surface area contributed by atoms with Crippen LogP contribution in [0.5, 0.6) is 0 Å². The molecule has 1 saturated heterocycles. The Morgan fingerprint density at radius 2 is 2.44 bits per heavy atom. The second-order valence-electron chi connectivity index (χ2n) is 3.82. The van der Waals surface area contributed by atoms with E-state index in [1.54, 1.807) is 6.20 Å². The number of ketones is 1. The Kier molecular flexibility index (Phi) is 5.05. The minimum absolute atomic E-state index is 0.0966. The van der Waals surface area contributed by atoms with Crippen molar-refractivity contribution in [3.05, 3.63) is 24.4 Å². The van der Waals surface area contributed by atoms with Crippen molar-refractivity contribution < 1.29 is 9.53 Å². The SMILES string of the molecule is CCC(=O)C1(SSc2ccccn2)C[N]CCO1. The van der Waals surface area contributed by atoms with Gasteiger partial charge in [-0.05, 0) is 33.7 Å². The summed E-state index contributed by atoms with van der Waals surface area (Å²) in [6.45, 7) is 3.48. The van der Waals surface area contributed by atoms with Crippen molar-refractivity contribution in [1.82, 2.24) is 10.3 Å². The van der Waals surface area contributed by atoms with Crippen LogP contribution in [0.3, 0.4) is 0 Å². The molecule has 1 atom stereocenters. The van der Waals surface area contributed by atoms with Gasteiger partial charge in [-0.1, -0.05) is 13.0 Å². The van der Waals surface area contributed by atoms with E-state index in [0.29, 0.717) is 26.1 Å². The van der Waals surface area contributed by atoms with Gasteiger partial charge in [0.05, 0.1) is 13.2 Å². The molecule has 1 radical (unpaired) electrons. The van der Waals surface area contributed by atoms with Gasteiger partial charge in [-0.3, -0.25) is 4.79 Å². The second kappa shape index (κ2) is 6.56. The number of carbonyl (C=O) groups excluding carboxylic acids is 1. The Labute approximate surface area is 115 Å². The molecule has 6 heteroatoms. The summed E-state index contributed by atoms with van der Waals surface area (Å²) < 4.78 is 5.71. The Morgan fingerprint density at radius 1 is 1.56 bits per heavy atom. The molecular weight excluding hydrogens is 268 g/mol. The summed E-state index contributed by atoms with van der Waals surface area (Å²) in [6.07, 6.45) is 2.20. The number of Topliss-reactive ketones (excluding diaryl/α,β-unsaturated/α-hetero) is 1. The molecule has 0 saturated carbocycles. The molecule has 4 nitrogen and oxygen atoms in total. The summed E-state index contributed by atoms with van der Waals surface area (Å²) in [4.78, 5) is 15.5. The smallest absolute Gasteiger partial charge is 0.196 e. The average Bonchev–Trinajstić information content (AvgIpc) is 2.46. The molecule has 0 N–H and O–H groups in total. The minimum Gasteiger partial charge on any atom is -0.353 e. The first-order chi connectivity index (χ1) is 8.77. The fourth-order valence-corrected chi connectivity index (χ4v) is 4.10. The van der Waals surface area contributed by atoms with E-state index in [4.69, 9.17) is 4.74 Å². The lowest BCUT2D eigenvalue weighted by Crippen LogP contribution is -2.49. The zero-order chi connectivity index (χ0) is 12.8. The van der Waals surface area contributed by atoms with Crippen molar-refractivity contribution in [3.63, 3.8) is 0 Å². The van der Waals surface area contributed by atoms with E-state index in [2.05, 4.69) is 10.3 Å². The first kappa shape index (κ1) is 13.9. The highest BCUT2D eigenvalue weighted by atomic mass is 33.1. The minimum atomic E-state index is -0.824. The van der Waals surface area contributed by atoms with Crippen LogP contribution in [0.15, 0.2) is 29.4 Å². The lowest BCUT2D eigenvalue weighted by atomic mass is 10.1. The summed E-state index contributed by atoms with van der Waals surface area (Å²) in [5.74, 6) is 0.0966. The van der Waals surface area contributed by atoms with Crippen molar-refractivity contribution in [3.8, 4) is 0 Å². The highest BCUT2D eigenvalue weighted by Gasteiger charge is 2.41. The number of aromatic nitrogens is 1. The van der Waals surface area contributed by atoms with Gasteiger partial charge in [-0.25, -0.2) is 10.3 Å². The van der Waals surface area contributed by atoms with Gasteiger partial charge in [-0.15, -0.1) is 0 Å². The number of carbonyl (C=O) groups is 1. The molecule has 1 aliphatic rings. The second-order valence-corrected chi connectivity index (χ2v) is 6.23. The molecule has 1 aromatic heterocycles. The normalized spacial score (nSPS) is 23.8. The number of nitrogens with zero attached hydrogens (tertiary/aromatic N) is 2. The van der Waals surface area contributed by atoms with Gasteiger partial charge in [-0.2, -0.15) is 0 Å². The van der Waals surface area contributed by atoms with E-state index in [1.165, 1.54) is 21.6 Å². The van der Waals surface area contributed by atoms with E-state index in [0.717, 1.165) is 5.03 Å². The summed E-state index contributed by atoms with van der Waals surface area (Å²) >= 11 is 0. The molecule has 18 heavy (non-hydrogen) atoms. The Bertz CT molecular complexity index is 394. The zero-order valence-electron chi connectivity index (χ0n) is 10.2. The van der Waals surface area contributed by atoms with Crippen LogP contribution >= 0.6 is 21.6 Å². The lowest BCUT2D eigenvalue weighted by Gasteiger charge is -2.33. The van der Waals surface area contributed by atoms with E-state index < -0.39 is 4.93 Å². The van der Waals surface area contributed by atoms with Crippen molar-refractivity contribution in [2.24, 2.45) is 0 Å². The van der Waals surface area contributed by atoms with Crippen LogP contribution < -0.4 is 5.32 Å². The molecular formula is C12H15N2O2S2. The van der Waals surface area contributed by atoms with Gasteiger partial charge < -0.3 is 4.74 Å². The van der Waals surface area contributed by atoms with Crippen LogP contribution in [-0.2, 0) is 9.53 Å².